The largest absolute Gasteiger partial charge is 0.466 e. The normalized spacial score (nSPS) is 30.1. The molecule has 17 nitrogen and oxygen atoms in total. The van der Waals surface area contributed by atoms with Crippen molar-refractivity contribution in [2.45, 2.75) is 273 Å². The van der Waals surface area contributed by atoms with Crippen LogP contribution in [0.1, 0.15) is 190 Å². The van der Waals surface area contributed by atoms with Gasteiger partial charge in [0.2, 0.25) is 0 Å². The van der Waals surface area contributed by atoms with Crippen molar-refractivity contribution < 1.29 is 83.3 Å². The maximum Gasteiger partial charge on any atom is 0.306 e. The van der Waals surface area contributed by atoms with E-state index in [2.05, 4.69) is 13.8 Å². The van der Waals surface area contributed by atoms with Crippen LogP contribution in [0.15, 0.2) is 0 Å². The average Bonchev–Trinajstić information content (AvgIpc) is 4.31. The lowest BCUT2D eigenvalue weighted by atomic mass is 9.91. The molecule has 6 aliphatic rings. The number of aliphatic hydroxyl groups excluding tert-OH is 7. The molecule has 80 heavy (non-hydrogen) atoms. The molecule has 6 rings (SSSR count). The van der Waals surface area contributed by atoms with Gasteiger partial charge in [0.15, 0.2) is 12.6 Å². The van der Waals surface area contributed by atoms with E-state index in [4.69, 9.17) is 28.4 Å². The first-order valence-corrected chi connectivity index (χ1v) is 38.0. The summed E-state index contributed by atoms with van der Waals surface area (Å²) in [5.41, 5.74) is 0. The number of carbonyl (C=O) groups is 4. The Balaban J connectivity index is 0.000000538. The Labute approximate surface area is 511 Å². The van der Waals surface area contributed by atoms with E-state index in [9.17, 15) is 54.9 Å². The zero-order chi connectivity index (χ0) is 57.1. The highest BCUT2D eigenvalue weighted by atomic mass is 33.1. The molecule has 0 aromatic carbocycles. The molecule has 6 heterocycles. The van der Waals surface area contributed by atoms with E-state index >= 15 is 0 Å². The Morgan fingerprint density at radius 1 is 0.475 bits per heavy atom. The van der Waals surface area contributed by atoms with Crippen LogP contribution in [0, 0.1) is 5.92 Å². The molecule has 25 heteroatoms. The third-order valence-corrected chi connectivity index (χ3v) is 25.8. The molecule has 15 unspecified atom stereocenters. The molecule has 0 spiro atoms. The Morgan fingerprint density at radius 3 is 1.20 bits per heavy atom. The predicted molar refractivity (Wildman–Crippen MR) is 336 cm³/mol. The summed E-state index contributed by atoms with van der Waals surface area (Å²) in [5.74, 6) is 3.88. The molecule has 472 valence electrons. The molecule has 7 N–H and O–H groups in total. The van der Waals surface area contributed by atoms with Crippen molar-refractivity contribution in [1.29, 1.82) is 0 Å². The molecular weight excluding hydrogens is 1190 g/mol. The first-order valence-electron chi connectivity index (χ1n) is 28.4. The number of unbranched alkanes of at least 4 members (excludes halogenated alkanes) is 4. The van der Waals surface area contributed by atoms with E-state index in [1.165, 1.54) is 61.5 Å². The molecule has 0 radical (unpaired) electrons. The highest BCUT2D eigenvalue weighted by Gasteiger charge is 2.44. The van der Waals surface area contributed by atoms with Gasteiger partial charge in [-0.25, -0.2) is 0 Å². The summed E-state index contributed by atoms with van der Waals surface area (Å²) >= 11 is 0. The van der Waals surface area contributed by atoms with E-state index < -0.39 is 67.2 Å². The van der Waals surface area contributed by atoms with Crippen molar-refractivity contribution in [2.24, 2.45) is 5.92 Å². The standard InChI is InChI=1S/C15H26O6S2.C14H24O7S2.C14H26O2S2.C10H18O2S2.2CH4/c1-9-11(21-15(19)14(18)13(9)17)8-20-12(16)5-3-2-4-10-6-7-22-23-10;15-10(4-2-1-3-8-5-6-22-23-8)20-7-9-11(16)12(17)13(18)14(19)21-9;1-3-7-12(4-2)16-14(15)9-6-5-8-13-10-11-17-18-13;1-2-12-10(11)6-4-3-5-9-7-8-13-14-9;;/h9-11,13-15,17-19H,2-8H2,1H3;8-9,11-14,16-19H,1-7H2;12-13H,3-11H2,1-2H3;9H,2-8H2,1H3;2*1H4. The fourth-order valence-corrected chi connectivity index (χ4v) is 20.9. The van der Waals surface area contributed by atoms with E-state index in [0.717, 1.165) is 99.2 Å². The van der Waals surface area contributed by atoms with Crippen LogP contribution in [0.25, 0.3) is 0 Å². The predicted octanol–water partition coefficient (Wildman–Crippen LogP) is 10.7. The fraction of sp³-hybridized carbons (Fsp3) is 0.927. The second-order valence-electron chi connectivity index (χ2n) is 20.2. The van der Waals surface area contributed by atoms with Crippen LogP contribution in [0.4, 0.5) is 0 Å². The Kier molecular flexibility index (Phi) is 46.4. The van der Waals surface area contributed by atoms with Crippen molar-refractivity contribution in [3.05, 3.63) is 0 Å². The van der Waals surface area contributed by atoms with Gasteiger partial charge in [-0.2, -0.15) is 0 Å². The number of ether oxygens (including phenoxy) is 6. The van der Waals surface area contributed by atoms with Gasteiger partial charge >= 0.3 is 23.9 Å². The van der Waals surface area contributed by atoms with Gasteiger partial charge in [-0.1, -0.05) is 154 Å². The molecule has 15 atom stereocenters. The first kappa shape index (κ1) is 78.3. The first-order chi connectivity index (χ1) is 37.6. The molecule has 0 bridgehead atoms. The fourth-order valence-electron chi connectivity index (χ4n) is 8.81. The van der Waals surface area contributed by atoms with Gasteiger partial charge in [0.1, 0.15) is 49.8 Å². The van der Waals surface area contributed by atoms with Crippen LogP contribution in [0.3, 0.4) is 0 Å². The Bertz CT molecular complexity index is 1530. The summed E-state index contributed by atoms with van der Waals surface area (Å²) < 4.78 is 30.7. The van der Waals surface area contributed by atoms with Gasteiger partial charge in [0.05, 0.1) is 18.8 Å². The van der Waals surface area contributed by atoms with Crippen molar-refractivity contribution in [1.82, 2.24) is 0 Å². The van der Waals surface area contributed by atoms with Crippen LogP contribution in [0.2, 0.25) is 0 Å². The van der Waals surface area contributed by atoms with Crippen molar-refractivity contribution >= 4 is 110 Å². The van der Waals surface area contributed by atoms with Crippen molar-refractivity contribution in [3.8, 4) is 0 Å². The lowest BCUT2D eigenvalue weighted by molar-refractivity contribution is -0.287. The second-order valence-corrected chi connectivity index (χ2v) is 31.4. The monoisotopic (exact) mass is 1290 g/mol. The molecule has 0 saturated carbocycles. The van der Waals surface area contributed by atoms with Gasteiger partial charge in [-0.3, -0.25) is 19.2 Å². The third-order valence-electron chi connectivity index (χ3n) is 13.8. The number of rotatable bonds is 29. The maximum atomic E-state index is 11.8. The molecule has 6 saturated heterocycles. The summed E-state index contributed by atoms with van der Waals surface area (Å²) in [6, 6.07) is 0. The van der Waals surface area contributed by atoms with Crippen LogP contribution >= 0.6 is 86.4 Å². The summed E-state index contributed by atoms with van der Waals surface area (Å²) in [6.07, 6.45) is 11.1. The number of hydrogen-bond acceptors (Lipinski definition) is 25. The molecule has 0 amide bonds. The van der Waals surface area contributed by atoms with Crippen molar-refractivity contribution in [2.75, 3.05) is 42.8 Å². The maximum absolute atomic E-state index is 11.8. The highest BCUT2D eigenvalue weighted by molar-refractivity contribution is 8.78. The van der Waals surface area contributed by atoms with Gasteiger partial charge in [0.25, 0.3) is 0 Å². The summed E-state index contributed by atoms with van der Waals surface area (Å²) in [4.78, 5) is 46.1. The van der Waals surface area contributed by atoms with Crippen LogP contribution < -0.4 is 0 Å². The van der Waals surface area contributed by atoms with Crippen LogP contribution in [-0.4, -0.2) is 185 Å². The number of hydrogen-bond donors (Lipinski definition) is 7. The third kappa shape index (κ3) is 33.4. The lowest BCUT2D eigenvalue weighted by Crippen LogP contribution is -2.58. The van der Waals surface area contributed by atoms with E-state index in [0.29, 0.717) is 37.5 Å². The van der Waals surface area contributed by atoms with Gasteiger partial charge in [-0.15, -0.1) is 0 Å². The minimum absolute atomic E-state index is 0. The minimum atomic E-state index is -1.61. The average molecular weight is 1290 g/mol. The number of esters is 4. The minimum Gasteiger partial charge on any atom is -0.466 e. The molecule has 0 aromatic heterocycles. The van der Waals surface area contributed by atoms with E-state index in [1.54, 1.807) is 6.92 Å². The second kappa shape index (κ2) is 47.4. The van der Waals surface area contributed by atoms with Gasteiger partial charge < -0.3 is 64.2 Å². The van der Waals surface area contributed by atoms with Gasteiger partial charge in [0, 0.05) is 75.6 Å². The van der Waals surface area contributed by atoms with E-state index in [-0.39, 0.29) is 52.1 Å². The summed E-state index contributed by atoms with van der Waals surface area (Å²) in [7, 11) is 15.7. The zero-order valence-corrected chi connectivity index (χ0v) is 52.9. The Hall–Kier alpha value is 0.320. The van der Waals surface area contributed by atoms with E-state index in [1.807, 2.05) is 93.3 Å². The zero-order valence-electron chi connectivity index (χ0n) is 46.4. The lowest BCUT2D eigenvalue weighted by Gasteiger charge is -2.39. The summed E-state index contributed by atoms with van der Waals surface area (Å²) in [6.45, 7) is 7.98. The number of carbonyl (C=O) groups excluding carboxylic acids is 4. The summed E-state index contributed by atoms with van der Waals surface area (Å²) in [5, 5.41) is 69.9. The Morgan fingerprint density at radius 2 is 0.838 bits per heavy atom. The van der Waals surface area contributed by atoms with Crippen LogP contribution in [0.5, 0.6) is 0 Å². The number of aliphatic hydroxyl groups is 7. The van der Waals surface area contributed by atoms with Gasteiger partial charge in [-0.05, 0) is 96.8 Å². The molecule has 6 aliphatic heterocycles. The molecule has 0 aromatic rings. The quantitative estimate of drug-likeness (QED) is 0.0159. The SMILES string of the molecule is C.C.CC1C(COC(=O)CCCCC2CCSS2)OC(O)C(O)C1O.CCCC(CC)OC(=O)CCCCC1CCSS1.CCOC(=O)CCCCC1CCSS1.O=C(CCCCC1CCSS1)OCC1OC(O)C(O)C(O)C1O. The molecular formula is C55H102O17S8. The smallest absolute Gasteiger partial charge is 0.306 e. The molecule has 0 aliphatic carbocycles. The van der Waals surface area contributed by atoms with Crippen molar-refractivity contribution in [3.63, 3.8) is 0 Å². The topological polar surface area (TPSA) is 265 Å². The van der Waals surface area contributed by atoms with Crippen LogP contribution in [-0.2, 0) is 47.6 Å². The molecule has 6 fully saturated rings. The highest BCUT2D eigenvalue weighted by Crippen LogP contribution is 2.42.